The highest BCUT2D eigenvalue weighted by Crippen LogP contribution is 2.22. The Kier molecular flexibility index (Phi) is 8.50. The Morgan fingerprint density at radius 2 is 1.79 bits per heavy atom. The molecule has 0 unspecified atom stereocenters. The van der Waals surface area contributed by atoms with E-state index in [9.17, 15) is 5.11 Å². The summed E-state index contributed by atoms with van der Waals surface area (Å²) in [6.45, 7) is 12.1. The SMILES string of the molecule is CCNC(=NCc1ccc(C(C)(C)C)cc1)N1CCC(O)CC1.I. The summed E-state index contributed by atoms with van der Waals surface area (Å²) in [5.74, 6) is 0.958. The summed E-state index contributed by atoms with van der Waals surface area (Å²) in [5, 5.41) is 13.0. The van der Waals surface area contributed by atoms with Crippen LogP contribution in [0.3, 0.4) is 0 Å². The van der Waals surface area contributed by atoms with Gasteiger partial charge in [-0.15, -0.1) is 24.0 Å². The second kappa shape index (κ2) is 9.61. The number of aliphatic imine (C=N–C) groups is 1. The summed E-state index contributed by atoms with van der Waals surface area (Å²) in [5.41, 5.74) is 2.76. The van der Waals surface area contributed by atoms with E-state index in [4.69, 9.17) is 4.99 Å². The zero-order chi connectivity index (χ0) is 16.9. The maximum Gasteiger partial charge on any atom is 0.194 e. The summed E-state index contributed by atoms with van der Waals surface area (Å²) in [7, 11) is 0. The van der Waals surface area contributed by atoms with Crippen molar-refractivity contribution in [3.8, 4) is 0 Å². The smallest absolute Gasteiger partial charge is 0.194 e. The summed E-state index contributed by atoms with van der Waals surface area (Å²) >= 11 is 0. The summed E-state index contributed by atoms with van der Waals surface area (Å²) in [4.78, 5) is 7.02. The van der Waals surface area contributed by atoms with E-state index >= 15 is 0 Å². The maximum absolute atomic E-state index is 9.65. The molecular formula is C19H32IN3O. The van der Waals surface area contributed by atoms with Crippen molar-refractivity contribution in [2.75, 3.05) is 19.6 Å². The number of hydrogen-bond donors (Lipinski definition) is 2. The van der Waals surface area contributed by atoms with Gasteiger partial charge in [-0.2, -0.15) is 0 Å². The van der Waals surface area contributed by atoms with Crippen molar-refractivity contribution in [3.05, 3.63) is 35.4 Å². The predicted molar refractivity (Wildman–Crippen MR) is 112 cm³/mol. The van der Waals surface area contributed by atoms with Gasteiger partial charge in [0.15, 0.2) is 5.96 Å². The van der Waals surface area contributed by atoms with Crippen LogP contribution in [0.5, 0.6) is 0 Å². The van der Waals surface area contributed by atoms with E-state index in [1.165, 1.54) is 11.1 Å². The molecule has 5 heteroatoms. The fourth-order valence-electron chi connectivity index (χ4n) is 2.78. The molecule has 1 aliphatic rings. The number of nitrogens with one attached hydrogen (secondary N) is 1. The van der Waals surface area contributed by atoms with E-state index < -0.39 is 0 Å². The van der Waals surface area contributed by atoms with Gasteiger partial charge in [0.2, 0.25) is 0 Å². The van der Waals surface area contributed by atoms with Crippen molar-refractivity contribution in [1.29, 1.82) is 0 Å². The van der Waals surface area contributed by atoms with E-state index in [0.29, 0.717) is 6.54 Å². The van der Waals surface area contributed by atoms with Crippen molar-refractivity contribution < 1.29 is 5.11 Å². The second-order valence-corrected chi connectivity index (χ2v) is 7.34. The van der Waals surface area contributed by atoms with Crippen LogP contribution in [-0.2, 0) is 12.0 Å². The normalized spacial score (nSPS) is 16.7. The highest BCUT2D eigenvalue weighted by atomic mass is 127. The molecule has 0 aliphatic carbocycles. The van der Waals surface area contributed by atoms with Gasteiger partial charge in [0.1, 0.15) is 0 Å². The zero-order valence-corrected chi connectivity index (χ0v) is 17.7. The van der Waals surface area contributed by atoms with Gasteiger partial charge in [-0.05, 0) is 36.3 Å². The Hall–Kier alpha value is -0.820. The molecule has 0 bridgehead atoms. The van der Waals surface area contributed by atoms with Gasteiger partial charge in [-0.25, -0.2) is 4.99 Å². The van der Waals surface area contributed by atoms with Crippen LogP contribution < -0.4 is 5.32 Å². The monoisotopic (exact) mass is 445 g/mol. The molecule has 0 aromatic heterocycles. The zero-order valence-electron chi connectivity index (χ0n) is 15.4. The van der Waals surface area contributed by atoms with E-state index in [2.05, 4.69) is 62.2 Å². The molecule has 0 saturated carbocycles. The first-order valence-electron chi connectivity index (χ1n) is 8.71. The molecule has 1 aliphatic heterocycles. The number of likely N-dealkylation sites (tertiary alicyclic amines) is 1. The van der Waals surface area contributed by atoms with Crippen LogP contribution in [0.15, 0.2) is 29.3 Å². The molecule has 2 N–H and O–H groups in total. The Bertz CT molecular complexity index is 514. The largest absolute Gasteiger partial charge is 0.393 e. The van der Waals surface area contributed by atoms with Gasteiger partial charge in [-0.1, -0.05) is 45.0 Å². The van der Waals surface area contributed by atoms with E-state index in [-0.39, 0.29) is 35.5 Å². The molecule has 0 amide bonds. The van der Waals surface area contributed by atoms with Crippen molar-refractivity contribution in [2.24, 2.45) is 4.99 Å². The molecule has 4 nitrogen and oxygen atoms in total. The quantitative estimate of drug-likeness (QED) is 0.425. The standard InChI is InChI=1S/C19H31N3O.HI/c1-5-20-18(22-12-10-17(23)11-13-22)21-14-15-6-8-16(9-7-15)19(2,3)4;/h6-9,17,23H,5,10-14H2,1-4H3,(H,20,21);1H. The third kappa shape index (κ3) is 6.24. The first-order chi connectivity index (χ1) is 10.9. The van der Waals surface area contributed by atoms with Gasteiger partial charge < -0.3 is 15.3 Å². The number of benzene rings is 1. The molecule has 1 saturated heterocycles. The maximum atomic E-state index is 9.65. The molecule has 1 heterocycles. The molecule has 0 spiro atoms. The minimum atomic E-state index is -0.154. The van der Waals surface area contributed by atoms with Gasteiger partial charge in [-0.3, -0.25) is 0 Å². The fraction of sp³-hybridized carbons (Fsp3) is 0.632. The summed E-state index contributed by atoms with van der Waals surface area (Å²) < 4.78 is 0. The molecule has 1 aromatic carbocycles. The number of hydrogen-bond acceptors (Lipinski definition) is 2. The van der Waals surface area contributed by atoms with E-state index in [1.54, 1.807) is 0 Å². The average Bonchev–Trinajstić information content (AvgIpc) is 2.52. The number of aliphatic hydroxyl groups excluding tert-OH is 1. The molecular weight excluding hydrogens is 413 g/mol. The Balaban J connectivity index is 0.00000288. The lowest BCUT2D eigenvalue weighted by molar-refractivity contribution is 0.108. The highest BCUT2D eigenvalue weighted by molar-refractivity contribution is 14.0. The Labute approximate surface area is 163 Å². The molecule has 1 aromatic rings. The minimum absolute atomic E-state index is 0. The van der Waals surface area contributed by atoms with Crippen LogP contribution in [0.1, 0.15) is 51.7 Å². The van der Waals surface area contributed by atoms with Crippen LogP contribution in [0.2, 0.25) is 0 Å². The Morgan fingerprint density at radius 1 is 1.21 bits per heavy atom. The first kappa shape index (κ1) is 21.2. The number of rotatable bonds is 3. The number of nitrogens with zero attached hydrogens (tertiary/aromatic N) is 2. The molecule has 0 atom stereocenters. The minimum Gasteiger partial charge on any atom is -0.393 e. The molecule has 136 valence electrons. The van der Waals surface area contributed by atoms with E-state index in [0.717, 1.165) is 38.4 Å². The van der Waals surface area contributed by atoms with Crippen molar-refractivity contribution >= 4 is 29.9 Å². The lowest BCUT2D eigenvalue weighted by atomic mass is 9.87. The second-order valence-electron chi connectivity index (χ2n) is 7.34. The molecule has 0 radical (unpaired) electrons. The van der Waals surface area contributed by atoms with Crippen LogP contribution in [0, 0.1) is 0 Å². The topological polar surface area (TPSA) is 47.9 Å². The van der Waals surface area contributed by atoms with Gasteiger partial charge in [0.05, 0.1) is 12.6 Å². The summed E-state index contributed by atoms with van der Waals surface area (Å²) in [6.07, 6.45) is 1.49. The fourth-order valence-corrected chi connectivity index (χ4v) is 2.78. The molecule has 24 heavy (non-hydrogen) atoms. The number of halogens is 1. The third-order valence-electron chi connectivity index (χ3n) is 4.33. The van der Waals surface area contributed by atoms with Crippen LogP contribution in [0.25, 0.3) is 0 Å². The predicted octanol–water partition coefficient (Wildman–Crippen LogP) is 3.52. The highest BCUT2D eigenvalue weighted by Gasteiger charge is 2.19. The summed E-state index contributed by atoms with van der Waals surface area (Å²) in [6, 6.07) is 8.76. The van der Waals surface area contributed by atoms with E-state index in [1.807, 2.05) is 0 Å². The van der Waals surface area contributed by atoms with Crippen molar-refractivity contribution in [1.82, 2.24) is 10.2 Å². The number of guanidine groups is 1. The molecule has 2 rings (SSSR count). The lowest BCUT2D eigenvalue weighted by Gasteiger charge is -2.32. The average molecular weight is 445 g/mol. The van der Waals surface area contributed by atoms with Gasteiger partial charge in [0.25, 0.3) is 0 Å². The van der Waals surface area contributed by atoms with Crippen LogP contribution >= 0.6 is 24.0 Å². The van der Waals surface area contributed by atoms with Crippen molar-refractivity contribution in [3.63, 3.8) is 0 Å². The van der Waals surface area contributed by atoms with Gasteiger partial charge in [0, 0.05) is 19.6 Å². The van der Waals surface area contributed by atoms with Gasteiger partial charge >= 0.3 is 0 Å². The third-order valence-corrected chi connectivity index (χ3v) is 4.33. The van der Waals surface area contributed by atoms with Crippen LogP contribution in [0.4, 0.5) is 0 Å². The molecule has 1 fully saturated rings. The Morgan fingerprint density at radius 3 is 2.29 bits per heavy atom. The number of piperidine rings is 1. The first-order valence-corrected chi connectivity index (χ1v) is 8.71. The lowest BCUT2D eigenvalue weighted by Crippen LogP contribution is -2.46. The van der Waals surface area contributed by atoms with Crippen molar-refractivity contribution in [2.45, 2.75) is 58.6 Å². The van der Waals surface area contributed by atoms with Crippen LogP contribution in [-0.4, -0.2) is 41.7 Å². The number of aliphatic hydroxyl groups is 1.